The van der Waals surface area contributed by atoms with Crippen molar-refractivity contribution in [3.8, 4) is 0 Å². The zero-order valence-corrected chi connectivity index (χ0v) is 11.8. The summed E-state index contributed by atoms with van der Waals surface area (Å²) in [5.74, 6) is 0. The number of pyridine rings is 1. The minimum atomic E-state index is -0.261. The van der Waals surface area contributed by atoms with Gasteiger partial charge >= 0.3 is 0 Å². The van der Waals surface area contributed by atoms with E-state index in [1.54, 1.807) is 26.6 Å². The van der Waals surface area contributed by atoms with Crippen molar-refractivity contribution in [3.63, 3.8) is 0 Å². The average molecular weight is 272 g/mol. The summed E-state index contributed by atoms with van der Waals surface area (Å²) >= 11 is 0. The van der Waals surface area contributed by atoms with Crippen molar-refractivity contribution in [2.75, 3.05) is 20.8 Å². The lowest BCUT2D eigenvalue weighted by molar-refractivity contribution is -0.0995. The molecule has 2 rings (SSSR count). The van der Waals surface area contributed by atoms with Gasteiger partial charge in [-0.1, -0.05) is 30.3 Å². The van der Waals surface area contributed by atoms with Gasteiger partial charge in [0.15, 0.2) is 6.29 Å². The summed E-state index contributed by atoms with van der Waals surface area (Å²) in [5, 5.41) is 3.48. The monoisotopic (exact) mass is 272 g/mol. The third kappa shape index (κ3) is 3.87. The van der Waals surface area contributed by atoms with Gasteiger partial charge in [0.2, 0.25) is 0 Å². The molecule has 0 spiro atoms. The Morgan fingerprint density at radius 3 is 2.15 bits per heavy atom. The van der Waals surface area contributed by atoms with Crippen molar-refractivity contribution in [3.05, 3.63) is 66.0 Å². The van der Waals surface area contributed by atoms with Crippen LogP contribution in [0.25, 0.3) is 0 Å². The van der Waals surface area contributed by atoms with Gasteiger partial charge in [-0.15, -0.1) is 0 Å². The Morgan fingerprint density at radius 1 is 0.950 bits per heavy atom. The minimum Gasteiger partial charge on any atom is -0.355 e. The van der Waals surface area contributed by atoms with Crippen LogP contribution in [-0.2, 0) is 9.47 Å². The molecule has 106 valence electrons. The maximum Gasteiger partial charge on any atom is 0.169 e. The highest BCUT2D eigenvalue weighted by atomic mass is 16.7. The molecule has 4 heteroatoms. The predicted octanol–water partition coefficient (Wildman–Crippen LogP) is 2.38. The lowest BCUT2D eigenvalue weighted by Gasteiger charge is -2.22. The molecule has 1 atom stereocenters. The summed E-state index contributed by atoms with van der Waals surface area (Å²) in [5.41, 5.74) is 2.36. The fourth-order valence-electron chi connectivity index (χ4n) is 2.11. The minimum absolute atomic E-state index is 0.0898. The van der Waals surface area contributed by atoms with Crippen LogP contribution in [0, 0.1) is 0 Å². The summed E-state index contributed by atoms with van der Waals surface area (Å²) < 4.78 is 10.4. The van der Waals surface area contributed by atoms with Crippen molar-refractivity contribution in [1.29, 1.82) is 0 Å². The van der Waals surface area contributed by atoms with Crippen LogP contribution in [0.3, 0.4) is 0 Å². The van der Waals surface area contributed by atoms with E-state index in [-0.39, 0.29) is 12.3 Å². The fourth-order valence-corrected chi connectivity index (χ4v) is 2.11. The summed E-state index contributed by atoms with van der Waals surface area (Å²) in [6.07, 6.45) is 3.34. The Morgan fingerprint density at radius 2 is 1.55 bits per heavy atom. The van der Waals surface area contributed by atoms with E-state index in [9.17, 15) is 0 Å². The van der Waals surface area contributed by atoms with Gasteiger partial charge in [0.25, 0.3) is 0 Å². The van der Waals surface area contributed by atoms with E-state index in [0.717, 1.165) is 5.56 Å². The van der Waals surface area contributed by atoms with Crippen LogP contribution < -0.4 is 5.32 Å². The van der Waals surface area contributed by atoms with Crippen molar-refractivity contribution in [2.45, 2.75) is 12.3 Å². The molecule has 0 radical (unpaired) electrons. The van der Waals surface area contributed by atoms with Gasteiger partial charge in [-0.25, -0.2) is 0 Å². The van der Waals surface area contributed by atoms with Crippen molar-refractivity contribution in [1.82, 2.24) is 10.3 Å². The molecule has 0 aliphatic rings. The molecule has 0 fully saturated rings. The second-order valence-electron chi connectivity index (χ2n) is 4.43. The van der Waals surface area contributed by atoms with Gasteiger partial charge in [-0.3, -0.25) is 4.98 Å². The van der Waals surface area contributed by atoms with E-state index in [2.05, 4.69) is 22.4 Å². The molecule has 1 aromatic heterocycles. The number of rotatable bonds is 7. The Labute approximate surface area is 119 Å². The molecule has 1 unspecified atom stereocenters. The van der Waals surface area contributed by atoms with Crippen LogP contribution in [0.15, 0.2) is 54.9 Å². The van der Waals surface area contributed by atoms with Crippen LogP contribution >= 0.6 is 0 Å². The predicted molar refractivity (Wildman–Crippen MR) is 78.3 cm³/mol. The van der Waals surface area contributed by atoms with Crippen LogP contribution in [0.5, 0.6) is 0 Å². The first-order valence-corrected chi connectivity index (χ1v) is 6.59. The normalized spacial score (nSPS) is 12.6. The Bertz CT molecular complexity index is 447. The third-order valence-electron chi connectivity index (χ3n) is 3.19. The van der Waals surface area contributed by atoms with E-state index in [1.807, 2.05) is 30.3 Å². The zero-order valence-electron chi connectivity index (χ0n) is 11.8. The molecular weight excluding hydrogens is 252 g/mol. The van der Waals surface area contributed by atoms with Crippen LogP contribution in [0.2, 0.25) is 0 Å². The highest BCUT2D eigenvalue weighted by Gasteiger charge is 2.15. The van der Waals surface area contributed by atoms with E-state index in [1.165, 1.54) is 5.56 Å². The van der Waals surface area contributed by atoms with E-state index < -0.39 is 0 Å². The van der Waals surface area contributed by atoms with Gasteiger partial charge in [-0.2, -0.15) is 0 Å². The first-order chi connectivity index (χ1) is 9.85. The summed E-state index contributed by atoms with van der Waals surface area (Å²) in [7, 11) is 3.28. The highest BCUT2D eigenvalue weighted by Crippen LogP contribution is 2.21. The summed E-state index contributed by atoms with van der Waals surface area (Å²) in [6.45, 7) is 0.606. The first kappa shape index (κ1) is 14.7. The fraction of sp³-hybridized carbons (Fsp3) is 0.312. The molecule has 1 N–H and O–H groups in total. The molecule has 2 aromatic rings. The first-order valence-electron chi connectivity index (χ1n) is 6.59. The molecule has 0 saturated carbocycles. The number of benzene rings is 1. The lowest BCUT2D eigenvalue weighted by atomic mass is 10.00. The average Bonchev–Trinajstić information content (AvgIpc) is 2.53. The molecule has 20 heavy (non-hydrogen) atoms. The maximum absolute atomic E-state index is 5.22. The van der Waals surface area contributed by atoms with Gasteiger partial charge < -0.3 is 14.8 Å². The molecule has 4 nitrogen and oxygen atoms in total. The largest absolute Gasteiger partial charge is 0.355 e. The molecule has 0 amide bonds. The number of ether oxygens (including phenoxy) is 2. The van der Waals surface area contributed by atoms with Gasteiger partial charge in [0.05, 0.1) is 6.04 Å². The van der Waals surface area contributed by atoms with Crippen LogP contribution in [-0.4, -0.2) is 32.0 Å². The number of nitrogens with zero attached hydrogens (tertiary/aromatic N) is 1. The molecule has 0 aliphatic carbocycles. The summed E-state index contributed by atoms with van der Waals surface area (Å²) in [4.78, 5) is 4.07. The molecule has 1 heterocycles. The third-order valence-corrected chi connectivity index (χ3v) is 3.19. The number of hydrogen-bond acceptors (Lipinski definition) is 4. The van der Waals surface area contributed by atoms with E-state index >= 15 is 0 Å². The van der Waals surface area contributed by atoms with Crippen LogP contribution in [0.4, 0.5) is 0 Å². The second kappa shape index (κ2) is 7.75. The number of aromatic nitrogens is 1. The van der Waals surface area contributed by atoms with Crippen molar-refractivity contribution in [2.24, 2.45) is 0 Å². The molecule has 0 aliphatic heterocycles. The Hall–Kier alpha value is -1.75. The van der Waals surface area contributed by atoms with Crippen molar-refractivity contribution < 1.29 is 9.47 Å². The lowest BCUT2D eigenvalue weighted by Crippen LogP contribution is -2.33. The SMILES string of the molecule is COC(CNC(c1ccccc1)c1ccncc1)OC. The number of nitrogens with one attached hydrogen (secondary N) is 1. The standard InChI is InChI=1S/C16H20N2O2/c1-19-15(20-2)12-18-16(13-6-4-3-5-7-13)14-8-10-17-11-9-14/h3-11,15-16,18H,12H2,1-2H3. The quantitative estimate of drug-likeness (QED) is 0.786. The summed E-state index contributed by atoms with van der Waals surface area (Å²) in [6, 6.07) is 14.4. The Balaban J connectivity index is 2.17. The maximum atomic E-state index is 5.22. The van der Waals surface area contributed by atoms with E-state index in [0.29, 0.717) is 6.54 Å². The number of methoxy groups -OCH3 is 2. The molecular formula is C16H20N2O2. The second-order valence-corrected chi connectivity index (χ2v) is 4.43. The number of hydrogen-bond donors (Lipinski definition) is 1. The molecule has 1 aromatic carbocycles. The smallest absolute Gasteiger partial charge is 0.169 e. The molecule has 0 bridgehead atoms. The zero-order chi connectivity index (χ0) is 14.2. The van der Waals surface area contributed by atoms with Crippen molar-refractivity contribution >= 4 is 0 Å². The topological polar surface area (TPSA) is 43.4 Å². The van der Waals surface area contributed by atoms with Gasteiger partial charge in [0, 0.05) is 33.2 Å². The molecule has 0 saturated heterocycles. The van der Waals surface area contributed by atoms with Gasteiger partial charge in [0.1, 0.15) is 0 Å². The van der Waals surface area contributed by atoms with E-state index in [4.69, 9.17) is 9.47 Å². The van der Waals surface area contributed by atoms with Gasteiger partial charge in [-0.05, 0) is 23.3 Å². The highest BCUT2D eigenvalue weighted by molar-refractivity contribution is 5.30. The van der Waals surface area contributed by atoms with Crippen LogP contribution in [0.1, 0.15) is 17.2 Å². The Kier molecular flexibility index (Phi) is 5.68.